The lowest BCUT2D eigenvalue weighted by Gasteiger charge is -2.34. The number of nitrogens with one attached hydrogen (secondary N) is 1. The first-order chi connectivity index (χ1) is 19.0. The van der Waals surface area contributed by atoms with Gasteiger partial charge in [-0.15, -0.1) is 0 Å². The number of anilines is 1. The molecule has 39 heavy (non-hydrogen) atoms. The van der Waals surface area contributed by atoms with Gasteiger partial charge in [-0.25, -0.2) is 4.98 Å². The fourth-order valence-electron chi connectivity index (χ4n) is 5.51. The van der Waals surface area contributed by atoms with Crippen molar-refractivity contribution in [2.24, 2.45) is 0 Å². The Morgan fingerprint density at radius 3 is 2.64 bits per heavy atom. The zero-order valence-corrected chi connectivity index (χ0v) is 23.0. The van der Waals surface area contributed by atoms with Crippen molar-refractivity contribution in [1.29, 1.82) is 0 Å². The highest BCUT2D eigenvalue weighted by atomic mass is 16.5. The summed E-state index contributed by atoms with van der Waals surface area (Å²) >= 11 is 0. The topological polar surface area (TPSA) is 75.5 Å². The van der Waals surface area contributed by atoms with Gasteiger partial charge in [0.2, 0.25) is 0 Å². The molecule has 8 heteroatoms. The van der Waals surface area contributed by atoms with Crippen molar-refractivity contribution < 1.29 is 9.53 Å². The number of likely N-dealkylation sites (N-methyl/N-ethyl adjacent to an activating group) is 1. The van der Waals surface area contributed by atoms with E-state index in [9.17, 15) is 4.79 Å². The van der Waals surface area contributed by atoms with Crippen LogP contribution in [0.15, 0.2) is 60.9 Å². The van der Waals surface area contributed by atoms with Crippen LogP contribution in [0.3, 0.4) is 0 Å². The molecule has 3 heterocycles. The van der Waals surface area contributed by atoms with Gasteiger partial charge in [0.05, 0.1) is 36.1 Å². The minimum atomic E-state index is -0.406. The van der Waals surface area contributed by atoms with E-state index in [2.05, 4.69) is 57.6 Å². The van der Waals surface area contributed by atoms with Crippen LogP contribution in [0.1, 0.15) is 34.3 Å². The highest BCUT2D eigenvalue weighted by Gasteiger charge is 2.47. The zero-order chi connectivity index (χ0) is 27.0. The number of hydrogen-bond donors (Lipinski definition) is 1. The number of hydrogen-bond acceptors (Lipinski definition) is 6. The number of methoxy groups -OCH3 is 1. The molecular formula is C31H36N6O2. The number of ether oxygens (including phenoxy) is 1. The smallest absolute Gasteiger partial charge is 0.252 e. The van der Waals surface area contributed by atoms with Gasteiger partial charge in [0, 0.05) is 61.7 Å². The fourth-order valence-corrected chi connectivity index (χ4v) is 5.51. The van der Waals surface area contributed by atoms with Gasteiger partial charge in [-0.2, -0.15) is 5.10 Å². The van der Waals surface area contributed by atoms with E-state index < -0.39 is 5.54 Å². The second-order valence-electron chi connectivity index (χ2n) is 10.9. The van der Waals surface area contributed by atoms with Crippen molar-refractivity contribution in [1.82, 2.24) is 25.0 Å². The number of aromatic nitrogens is 3. The summed E-state index contributed by atoms with van der Waals surface area (Å²) in [5, 5.41) is 9.02. The van der Waals surface area contributed by atoms with Crippen LogP contribution in [0.2, 0.25) is 0 Å². The van der Waals surface area contributed by atoms with Gasteiger partial charge < -0.3 is 19.9 Å². The number of amides is 1. The number of fused-ring (bicyclic) bond motifs is 1. The third-order valence-electron chi connectivity index (χ3n) is 8.12. The zero-order valence-electron chi connectivity index (χ0n) is 23.0. The molecular weight excluding hydrogens is 488 g/mol. The van der Waals surface area contributed by atoms with Crippen LogP contribution in [0, 0.1) is 6.92 Å². The largest absolute Gasteiger partial charge is 0.383 e. The third-order valence-corrected chi connectivity index (χ3v) is 8.12. The van der Waals surface area contributed by atoms with E-state index in [1.807, 2.05) is 42.2 Å². The molecule has 1 saturated carbocycles. The fraction of sp³-hybridized carbons (Fsp3) is 0.387. The summed E-state index contributed by atoms with van der Waals surface area (Å²) in [6, 6.07) is 16.6. The lowest BCUT2D eigenvalue weighted by molar-refractivity contribution is 0.0930. The number of pyridine rings is 1. The Balaban J connectivity index is 1.31. The van der Waals surface area contributed by atoms with Gasteiger partial charge >= 0.3 is 0 Å². The number of para-hydroxylation sites is 1. The van der Waals surface area contributed by atoms with Crippen LogP contribution >= 0.6 is 0 Å². The highest BCUT2D eigenvalue weighted by Crippen LogP contribution is 2.49. The molecule has 0 atom stereocenters. The van der Waals surface area contributed by atoms with Crippen molar-refractivity contribution in [3.63, 3.8) is 0 Å². The molecule has 2 fully saturated rings. The Morgan fingerprint density at radius 1 is 1.08 bits per heavy atom. The number of piperazine rings is 1. The summed E-state index contributed by atoms with van der Waals surface area (Å²) in [7, 11) is 3.84. The van der Waals surface area contributed by atoms with E-state index in [-0.39, 0.29) is 5.91 Å². The molecule has 2 aromatic carbocycles. The Morgan fingerprint density at radius 2 is 1.87 bits per heavy atom. The van der Waals surface area contributed by atoms with Gasteiger partial charge in [-0.1, -0.05) is 24.3 Å². The van der Waals surface area contributed by atoms with E-state index in [0.717, 1.165) is 83.6 Å². The quantitative estimate of drug-likeness (QED) is 0.372. The van der Waals surface area contributed by atoms with Gasteiger partial charge in [0.25, 0.3) is 5.91 Å². The molecule has 0 spiro atoms. The number of nitrogens with zero attached hydrogens (tertiary/aromatic N) is 5. The molecule has 0 unspecified atom stereocenters. The number of aryl methyl sites for hydroxylation is 1. The van der Waals surface area contributed by atoms with Gasteiger partial charge in [-0.3, -0.25) is 9.48 Å². The second-order valence-corrected chi connectivity index (χ2v) is 10.9. The minimum Gasteiger partial charge on any atom is -0.383 e. The number of carbonyl (C=O) groups is 1. The predicted octanol–water partition coefficient (Wildman–Crippen LogP) is 4.22. The molecule has 1 N–H and O–H groups in total. The molecule has 1 aliphatic carbocycles. The number of benzene rings is 2. The standard InChI is InChI=1S/C31H36N6O2/c1-22-8-9-24(36-14-12-35(2)13-15-36)18-26(22)30(38)34-31(10-11-31)27-19-29(33-28-7-5-4-6-25(27)28)23-20-32-37(21-23)16-17-39-3/h4-9,18-21H,10-17H2,1-3H3,(H,34,38). The third kappa shape index (κ3) is 5.14. The summed E-state index contributed by atoms with van der Waals surface area (Å²) in [5.74, 6) is -0.0178. The van der Waals surface area contributed by atoms with E-state index in [1.54, 1.807) is 7.11 Å². The van der Waals surface area contributed by atoms with E-state index >= 15 is 0 Å². The Hall–Kier alpha value is -3.75. The molecule has 0 radical (unpaired) electrons. The summed E-state index contributed by atoms with van der Waals surface area (Å²) in [4.78, 5) is 23.5. The monoisotopic (exact) mass is 524 g/mol. The summed E-state index contributed by atoms with van der Waals surface area (Å²) in [6.07, 6.45) is 5.65. The Bertz CT molecular complexity index is 1500. The summed E-state index contributed by atoms with van der Waals surface area (Å²) < 4.78 is 7.07. The molecule has 8 nitrogen and oxygen atoms in total. The van der Waals surface area contributed by atoms with Crippen LogP contribution in [0.25, 0.3) is 22.2 Å². The molecule has 1 saturated heterocycles. The first-order valence-corrected chi connectivity index (χ1v) is 13.7. The first-order valence-electron chi connectivity index (χ1n) is 13.7. The molecule has 2 aliphatic rings. The molecule has 202 valence electrons. The van der Waals surface area contributed by atoms with Crippen LogP contribution < -0.4 is 10.2 Å². The van der Waals surface area contributed by atoms with Crippen molar-refractivity contribution in [3.8, 4) is 11.3 Å². The van der Waals surface area contributed by atoms with Crippen LogP contribution in [-0.2, 0) is 16.8 Å². The SMILES string of the molecule is COCCn1cc(-c2cc(C3(NC(=O)c4cc(N5CCN(C)CC5)ccc4C)CC3)c3ccccc3n2)cn1. The average molecular weight is 525 g/mol. The highest BCUT2D eigenvalue weighted by molar-refractivity contribution is 5.98. The lowest BCUT2D eigenvalue weighted by atomic mass is 9.96. The van der Waals surface area contributed by atoms with Crippen LogP contribution in [0.4, 0.5) is 5.69 Å². The number of rotatable bonds is 8. The van der Waals surface area contributed by atoms with Crippen molar-refractivity contribution in [3.05, 3.63) is 77.6 Å². The molecule has 1 amide bonds. The van der Waals surface area contributed by atoms with Crippen molar-refractivity contribution in [2.75, 3.05) is 51.8 Å². The molecule has 0 bridgehead atoms. The maximum Gasteiger partial charge on any atom is 0.252 e. The maximum absolute atomic E-state index is 13.8. The predicted molar refractivity (Wildman–Crippen MR) is 154 cm³/mol. The van der Waals surface area contributed by atoms with E-state index in [1.165, 1.54) is 0 Å². The lowest BCUT2D eigenvalue weighted by Crippen LogP contribution is -2.44. The second kappa shape index (κ2) is 10.4. The Labute approximate surface area is 229 Å². The number of carbonyl (C=O) groups excluding carboxylic acids is 1. The van der Waals surface area contributed by atoms with Gasteiger partial charge in [-0.05, 0) is 62.2 Å². The van der Waals surface area contributed by atoms with Gasteiger partial charge in [0.15, 0.2) is 0 Å². The first kappa shape index (κ1) is 25.5. The van der Waals surface area contributed by atoms with E-state index in [4.69, 9.17) is 9.72 Å². The summed E-state index contributed by atoms with van der Waals surface area (Å²) in [5.41, 5.74) is 6.30. The molecule has 6 rings (SSSR count). The Kier molecular flexibility index (Phi) is 6.83. The van der Waals surface area contributed by atoms with Crippen molar-refractivity contribution in [2.45, 2.75) is 31.8 Å². The summed E-state index contributed by atoms with van der Waals surface area (Å²) in [6.45, 7) is 7.30. The molecule has 4 aromatic rings. The van der Waals surface area contributed by atoms with Gasteiger partial charge in [0.1, 0.15) is 0 Å². The average Bonchev–Trinajstić information content (AvgIpc) is 3.57. The van der Waals surface area contributed by atoms with Crippen LogP contribution in [0.5, 0.6) is 0 Å². The van der Waals surface area contributed by atoms with E-state index in [0.29, 0.717) is 13.2 Å². The minimum absolute atomic E-state index is 0.0178. The van der Waals surface area contributed by atoms with Crippen molar-refractivity contribution >= 4 is 22.5 Å². The maximum atomic E-state index is 13.8. The van der Waals surface area contributed by atoms with Crippen LogP contribution in [-0.4, -0.2) is 72.5 Å². The normalized spacial score (nSPS) is 16.9. The molecule has 1 aliphatic heterocycles. The molecule has 2 aromatic heterocycles.